The maximum atomic E-state index is 12.6. The van der Waals surface area contributed by atoms with E-state index in [0.717, 1.165) is 37.1 Å². The summed E-state index contributed by atoms with van der Waals surface area (Å²) in [6.45, 7) is 9.21. The van der Waals surface area contributed by atoms with Gasteiger partial charge in [-0.2, -0.15) is 0 Å². The van der Waals surface area contributed by atoms with Crippen molar-refractivity contribution >= 4 is 11.6 Å². The monoisotopic (exact) mass is 307 g/mol. The van der Waals surface area contributed by atoms with E-state index in [1.54, 1.807) is 0 Å². The molecule has 1 aromatic rings. The van der Waals surface area contributed by atoms with E-state index in [4.69, 9.17) is 9.47 Å². The van der Waals surface area contributed by atoms with E-state index < -0.39 is 5.60 Å². The van der Waals surface area contributed by atoms with Gasteiger partial charge in [0.2, 0.25) is 0 Å². The van der Waals surface area contributed by atoms with E-state index in [0.29, 0.717) is 13.2 Å². The Morgan fingerprint density at radius 3 is 2.36 bits per heavy atom. The molecule has 0 bridgehead atoms. The van der Waals surface area contributed by atoms with Crippen LogP contribution >= 0.6 is 0 Å². The molecular weight excluding hydrogens is 278 g/mol. The molecule has 0 radical (unpaired) electrons. The Kier molecular flexibility index (Phi) is 7.96. The zero-order chi connectivity index (χ0) is 16.4. The highest BCUT2D eigenvalue weighted by molar-refractivity contribution is 5.97. The zero-order valence-corrected chi connectivity index (χ0v) is 14.3. The summed E-state index contributed by atoms with van der Waals surface area (Å²) in [6, 6.07) is 7.41. The second-order valence-electron chi connectivity index (χ2n) is 5.59. The quantitative estimate of drug-likeness (QED) is 0.697. The Hall–Kier alpha value is -1.55. The molecule has 0 aliphatic heterocycles. The lowest BCUT2D eigenvalue weighted by Crippen LogP contribution is -2.43. The Morgan fingerprint density at radius 2 is 1.82 bits per heavy atom. The lowest BCUT2D eigenvalue weighted by atomic mass is 9.97. The van der Waals surface area contributed by atoms with Crippen molar-refractivity contribution in [1.29, 1.82) is 0 Å². The van der Waals surface area contributed by atoms with Crippen LogP contribution in [-0.4, -0.2) is 24.7 Å². The summed E-state index contributed by atoms with van der Waals surface area (Å²) in [5.74, 6) is 0.718. The highest BCUT2D eigenvalue weighted by Crippen LogP contribution is 2.23. The summed E-state index contributed by atoms with van der Waals surface area (Å²) in [4.78, 5) is 12.6. The molecule has 0 saturated carbocycles. The van der Waals surface area contributed by atoms with Crippen molar-refractivity contribution in [3.05, 3.63) is 24.3 Å². The van der Waals surface area contributed by atoms with Gasteiger partial charge < -0.3 is 14.8 Å². The molecule has 4 heteroatoms. The highest BCUT2D eigenvalue weighted by Gasteiger charge is 2.33. The van der Waals surface area contributed by atoms with Crippen LogP contribution in [0.3, 0.4) is 0 Å². The number of hydrogen-bond donors (Lipinski definition) is 1. The van der Waals surface area contributed by atoms with Crippen LogP contribution in [0.2, 0.25) is 0 Å². The Labute approximate surface area is 134 Å². The predicted octanol–water partition coefficient (Wildman–Crippen LogP) is 4.40. The number of rotatable bonds is 10. The summed E-state index contributed by atoms with van der Waals surface area (Å²) in [5, 5.41) is 2.95. The standard InChI is InChI=1S/C18H29NO3/c1-5-8-13-18(4,22-14-6-2)17(20)19-15-9-11-16(12-10-15)21-7-3/h9-12H,5-8,13-14H2,1-4H3,(H,19,20)/t18-/m0/s1. The van der Waals surface area contributed by atoms with E-state index in [1.165, 1.54) is 0 Å². The molecule has 1 N–H and O–H groups in total. The van der Waals surface area contributed by atoms with Crippen LogP contribution in [0.5, 0.6) is 5.75 Å². The largest absolute Gasteiger partial charge is 0.494 e. The van der Waals surface area contributed by atoms with Crippen molar-refractivity contribution in [2.24, 2.45) is 0 Å². The lowest BCUT2D eigenvalue weighted by molar-refractivity contribution is -0.140. The maximum Gasteiger partial charge on any atom is 0.256 e. The van der Waals surface area contributed by atoms with Gasteiger partial charge in [-0.05, 0) is 51.0 Å². The van der Waals surface area contributed by atoms with Gasteiger partial charge >= 0.3 is 0 Å². The molecule has 0 aliphatic carbocycles. The van der Waals surface area contributed by atoms with E-state index >= 15 is 0 Å². The number of carbonyl (C=O) groups is 1. The van der Waals surface area contributed by atoms with Crippen LogP contribution in [0.15, 0.2) is 24.3 Å². The number of carbonyl (C=O) groups excluding carboxylic acids is 1. The summed E-state index contributed by atoms with van der Waals surface area (Å²) in [6.07, 6.45) is 3.64. The second kappa shape index (κ2) is 9.46. The number of nitrogens with one attached hydrogen (secondary N) is 1. The Morgan fingerprint density at radius 1 is 1.14 bits per heavy atom. The first kappa shape index (κ1) is 18.5. The summed E-state index contributed by atoms with van der Waals surface area (Å²) in [5.41, 5.74) is -0.0128. The smallest absolute Gasteiger partial charge is 0.256 e. The van der Waals surface area contributed by atoms with Crippen molar-refractivity contribution < 1.29 is 14.3 Å². The molecule has 1 aromatic carbocycles. The van der Waals surface area contributed by atoms with Crippen LogP contribution in [0.25, 0.3) is 0 Å². The van der Waals surface area contributed by atoms with Crippen molar-refractivity contribution in [3.8, 4) is 5.75 Å². The summed E-state index contributed by atoms with van der Waals surface area (Å²) >= 11 is 0. The van der Waals surface area contributed by atoms with Crippen LogP contribution in [-0.2, 0) is 9.53 Å². The third-order valence-electron chi connectivity index (χ3n) is 3.54. The summed E-state index contributed by atoms with van der Waals surface area (Å²) < 4.78 is 11.2. The lowest BCUT2D eigenvalue weighted by Gasteiger charge is -2.28. The van der Waals surface area contributed by atoms with Crippen molar-refractivity contribution in [1.82, 2.24) is 0 Å². The third-order valence-corrected chi connectivity index (χ3v) is 3.54. The first-order chi connectivity index (χ1) is 10.6. The van der Waals surface area contributed by atoms with Crippen LogP contribution in [0.1, 0.15) is 53.4 Å². The molecule has 0 aromatic heterocycles. The van der Waals surface area contributed by atoms with E-state index in [-0.39, 0.29) is 5.91 Å². The molecule has 1 amide bonds. The molecule has 0 fully saturated rings. The van der Waals surface area contributed by atoms with Crippen molar-refractivity contribution in [2.45, 2.75) is 59.0 Å². The first-order valence-corrected chi connectivity index (χ1v) is 8.24. The number of hydrogen-bond acceptors (Lipinski definition) is 3. The van der Waals surface area contributed by atoms with Crippen LogP contribution in [0, 0.1) is 0 Å². The second-order valence-corrected chi connectivity index (χ2v) is 5.59. The minimum absolute atomic E-state index is 0.0847. The molecule has 124 valence electrons. The predicted molar refractivity (Wildman–Crippen MR) is 90.4 cm³/mol. The number of benzene rings is 1. The fraction of sp³-hybridized carbons (Fsp3) is 0.611. The molecule has 22 heavy (non-hydrogen) atoms. The molecular formula is C18H29NO3. The SMILES string of the molecule is CCCC[C@](C)(OCCC)C(=O)Nc1ccc(OCC)cc1. The molecule has 1 atom stereocenters. The van der Waals surface area contributed by atoms with Gasteiger partial charge in [-0.3, -0.25) is 4.79 Å². The Bertz CT molecular complexity index is 434. The molecule has 1 rings (SSSR count). The maximum absolute atomic E-state index is 12.6. The zero-order valence-electron chi connectivity index (χ0n) is 14.3. The fourth-order valence-electron chi connectivity index (χ4n) is 2.16. The average molecular weight is 307 g/mol. The summed E-state index contributed by atoms with van der Waals surface area (Å²) in [7, 11) is 0. The topological polar surface area (TPSA) is 47.6 Å². The number of amides is 1. The van der Waals surface area contributed by atoms with Crippen LogP contribution in [0.4, 0.5) is 5.69 Å². The molecule has 0 unspecified atom stereocenters. The minimum atomic E-state index is -0.773. The van der Waals surface area contributed by atoms with Gasteiger partial charge in [0.15, 0.2) is 0 Å². The van der Waals surface area contributed by atoms with Gasteiger partial charge in [-0.1, -0.05) is 26.7 Å². The fourth-order valence-corrected chi connectivity index (χ4v) is 2.16. The molecule has 0 saturated heterocycles. The van der Waals surface area contributed by atoms with Gasteiger partial charge in [-0.15, -0.1) is 0 Å². The van der Waals surface area contributed by atoms with Gasteiger partial charge in [-0.25, -0.2) is 0 Å². The number of ether oxygens (including phenoxy) is 2. The normalized spacial score (nSPS) is 13.5. The van der Waals surface area contributed by atoms with E-state index in [2.05, 4.69) is 12.2 Å². The van der Waals surface area contributed by atoms with E-state index in [1.807, 2.05) is 45.0 Å². The Balaban J connectivity index is 2.72. The molecule has 0 heterocycles. The van der Waals surface area contributed by atoms with Crippen LogP contribution < -0.4 is 10.1 Å². The van der Waals surface area contributed by atoms with E-state index in [9.17, 15) is 4.79 Å². The van der Waals surface area contributed by atoms with Gasteiger partial charge in [0.25, 0.3) is 5.91 Å². The van der Waals surface area contributed by atoms with Crippen molar-refractivity contribution in [3.63, 3.8) is 0 Å². The minimum Gasteiger partial charge on any atom is -0.494 e. The van der Waals surface area contributed by atoms with Gasteiger partial charge in [0.05, 0.1) is 6.61 Å². The first-order valence-electron chi connectivity index (χ1n) is 8.24. The highest BCUT2D eigenvalue weighted by atomic mass is 16.5. The molecule has 4 nitrogen and oxygen atoms in total. The van der Waals surface area contributed by atoms with Crippen molar-refractivity contribution in [2.75, 3.05) is 18.5 Å². The number of anilines is 1. The average Bonchev–Trinajstić information content (AvgIpc) is 2.53. The van der Waals surface area contributed by atoms with Gasteiger partial charge in [0.1, 0.15) is 11.4 Å². The molecule has 0 spiro atoms. The molecule has 0 aliphatic rings. The van der Waals surface area contributed by atoms with Gasteiger partial charge in [0, 0.05) is 12.3 Å². The third kappa shape index (κ3) is 5.68. The number of unbranched alkanes of at least 4 members (excludes halogenated alkanes) is 1.